The molecule has 0 atom stereocenters. The fourth-order valence-electron chi connectivity index (χ4n) is 2.17. The lowest BCUT2D eigenvalue weighted by molar-refractivity contribution is 0.0771. The van der Waals surface area contributed by atoms with Gasteiger partial charge in [-0.3, -0.25) is 9.59 Å². The molecule has 112 valence electrons. The van der Waals surface area contributed by atoms with Crippen LogP contribution in [0.3, 0.4) is 0 Å². The molecule has 0 N–H and O–H groups in total. The van der Waals surface area contributed by atoms with Crippen LogP contribution in [-0.4, -0.2) is 31.4 Å². The summed E-state index contributed by atoms with van der Waals surface area (Å²) in [6, 6.07) is 4.83. The molecule has 0 aliphatic heterocycles. The number of allylic oxidation sites excluding steroid dienone is 2. The molecule has 0 heterocycles. The minimum Gasteiger partial charge on any atom is -0.494 e. The second-order valence-corrected chi connectivity index (χ2v) is 4.32. The van der Waals surface area contributed by atoms with Gasteiger partial charge in [-0.2, -0.15) is 0 Å². The maximum Gasteiger partial charge on any atom is 0.232 e. The Balaban J connectivity index is 2.52. The molecule has 0 fully saturated rings. The highest BCUT2D eigenvalue weighted by molar-refractivity contribution is 6.25. The van der Waals surface area contributed by atoms with Crippen molar-refractivity contribution in [2.24, 2.45) is 0 Å². The summed E-state index contributed by atoms with van der Waals surface area (Å²) in [6.07, 6.45) is 0. The number of carbonyl (C=O) groups excluding carboxylic acids is 2. The van der Waals surface area contributed by atoms with Crippen LogP contribution < -0.4 is 4.74 Å². The zero-order valence-corrected chi connectivity index (χ0v) is 12.4. The molecule has 2 rings (SSSR count). The van der Waals surface area contributed by atoms with E-state index in [2.05, 4.69) is 0 Å². The van der Waals surface area contributed by atoms with Crippen LogP contribution in [-0.2, 0) is 9.47 Å². The van der Waals surface area contributed by atoms with Gasteiger partial charge in [0.25, 0.3) is 0 Å². The van der Waals surface area contributed by atoms with Crippen LogP contribution >= 0.6 is 0 Å². The van der Waals surface area contributed by atoms with Crippen LogP contribution in [0.1, 0.15) is 41.5 Å². The van der Waals surface area contributed by atoms with E-state index in [1.54, 1.807) is 32.0 Å². The van der Waals surface area contributed by atoms with Crippen molar-refractivity contribution >= 4 is 11.6 Å². The standard InChI is InChI=1S/C16H18O5/c1-4-19-10-7-8-11-12(9-10)14(18)16(21-6-3)15(13(11)17)20-5-2/h7-9H,4-6H2,1-3H3. The average Bonchev–Trinajstić information content (AvgIpc) is 2.48. The van der Waals surface area contributed by atoms with Crippen molar-refractivity contribution in [2.45, 2.75) is 20.8 Å². The van der Waals surface area contributed by atoms with E-state index in [0.717, 1.165) is 0 Å². The zero-order valence-electron chi connectivity index (χ0n) is 12.4. The topological polar surface area (TPSA) is 61.8 Å². The second kappa shape index (κ2) is 6.43. The SMILES string of the molecule is CCOC1=C(OCC)C(=O)c2cc(OCC)ccc2C1=O. The number of hydrogen-bond acceptors (Lipinski definition) is 5. The quantitative estimate of drug-likeness (QED) is 0.806. The largest absolute Gasteiger partial charge is 0.494 e. The first-order valence-corrected chi connectivity index (χ1v) is 7.00. The first-order valence-electron chi connectivity index (χ1n) is 7.00. The van der Waals surface area contributed by atoms with Gasteiger partial charge in [0.1, 0.15) is 5.75 Å². The Bertz CT molecular complexity index is 601. The minimum atomic E-state index is -0.351. The van der Waals surface area contributed by atoms with E-state index in [1.807, 2.05) is 6.92 Å². The Labute approximate surface area is 123 Å². The molecule has 0 saturated carbocycles. The minimum absolute atomic E-state index is 0.0130. The molecule has 0 aromatic heterocycles. The highest BCUT2D eigenvalue weighted by Crippen LogP contribution is 2.30. The molecule has 0 radical (unpaired) electrons. The maximum absolute atomic E-state index is 12.5. The zero-order chi connectivity index (χ0) is 15.4. The van der Waals surface area contributed by atoms with Gasteiger partial charge in [0, 0.05) is 11.1 Å². The monoisotopic (exact) mass is 290 g/mol. The van der Waals surface area contributed by atoms with Crippen molar-refractivity contribution in [1.82, 2.24) is 0 Å². The third-order valence-corrected chi connectivity index (χ3v) is 2.99. The van der Waals surface area contributed by atoms with Gasteiger partial charge in [-0.15, -0.1) is 0 Å². The van der Waals surface area contributed by atoms with Gasteiger partial charge in [0.15, 0.2) is 0 Å². The van der Waals surface area contributed by atoms with E-state index in [9.17, 15) is 9.59 Å². The molecule has 1 aromatic carbocycles. The van der Waals surface area contributed by atoms with Gasteiger partial charge in [-0.1, -0.05) is 0 Å². The van der Waals surface area contributed by atoms with Gasteiger partial charge in [0.2, 0.25) is 23.1 Å². The fourth-order valence-corrected chi connectivity index (χ4v) is 2.17. The summed E-state index contributed by atoms with van der Waals surface area (Å²) in [5, 5.41) is 0. The highest BCUT2D eigenvalue weighted by Gasteiger charge is 2.35. The molecule has 21 heavy (non-hydrogen) atoms. The highest BCUT2D eigenvalue weighted by atomic mass is 16.5. The van der Waals surface area contributed by atoms with Crippen molar-refractivity contribution in [3.8, 4) is 5.75 Å². The fraction of sp³-hybridized carbons (Fsp3) is 0.375. The number of fused-ring (bicyclic) bond motifs is 1. The lowest BCUT2D eigenvalue weighted by Crippen LogP contribution is -2.25. The number of benzene rings is 1. The summed E-state index contributed by atoms with van der Waals surface area (Å²) in [5.74, 6) is -0.172. The summed E-state index contributed by atoms with van der Waals surface area (Å²) in [5.41, 5.74) is 0.605. The van der Waals surface area contributed by atoms with Crippen LogP contribution in [0.4, 0.5) is 0 Å². The van der Waals surface area contributed by atoms with Crippen LogP contribution in [0.25, 0.3) is 0 Å². The molecule has 0 spiro atoms. The summed E-state index contributed by atoms with van der Waals surface area (Å²) >= 11 is 0. The number of ether oxygens (including phenoxy) is 3. The van der Waals surface area contributed by atoms with Crippen LogP contribution in [0.5, 0.6) is 5.75 Å². The van der Waals surface area contributed by atoms with Gasteiger partial charge in [0.05, 0.1) is 19.8 Å². The van der Waals surface area contributed by atoms with E-state index < -0.39 is 0 Å². The predicted molar refractivity (Wildman–Crippen MR) is 76.6 cm³/mol. The Kier molecular flexibility index (Phi) is 4.62. The molecule has 0 unspecified atom stereocenters. The Morgan fingerprint density at radius 3 is 1.81 bits per heavy atom. The van der Waals surface area contributed by atoms with Crippen LogP contribution in [0.15, 0.2) is 29.7 Å². The number of carbonyl (C=O) groups is 2. The van der Waals surface area contributed by atoms with E-state index in [1.165, 1.54) is 0 Å². The van der Waals surface area contributed by atoms with Crippen molar-refractivity contribution in [3.63, 3.8) is 0 Å². The lowest BCUT2D eigenvalue weighted by Gasteiger charge is -2.21. The molecule has 5 heteroatoms. The first kappa shape index (κ1) is 15.1. The van der Waals surface area contributed by atoms with E-state index in [4.69, 9.17) is 14.2 Å². The Morgan fingerprint density at radius 2 is 1.29 bits per heavy atom. The number of ketones is 2. The van der Waals surface area contributed by atoms with E-state index >= 15 is 0 Å². The molecular formula is C16H18O5. The molecule has 1 aliphatic rings. The molecular weight excluding hydrogens is 272 g/mol. The van der Waals surface area contributed by atoms with Gasteiger partial charge < -0.3 is 14.2 Å². The molecule has 0 amide bonds. The molecule has 5 nitrogen and oxygen atoms in total. The van der Waals surface area contributed by atoms with Gasteiger partial charge in [-0.25, -0.2) is 0 Å². The third kappa shape index (κ3) is 2.77. The lowest BCUT2D eigenvalue weighted by atomic mass is 9.92. The van der Waals surface area contributed by atoms with Crippen molar-refractivity contribution in [3.05, 3.63) is 40.8 Å². The van der Waals surface area contributed by atoms with Crippen LogP contribution in [0, 0.1) is 0 Å². The normalized spacial score (nSPS) is 14.0. The molecule has 0 bridgehead atoms. The van der Waals surface area contributed by atoms with Crippen molar-refractivity contribution in [1.29, 1.82) is 0 Å². The van der Waals surface area contributed by atoms with Gasteiger partial charge >= 0.3 is 0 Å². The van der Waals surface area contributed by atoms with E-state index in [0.29, 0.717) is 17.9 Å². The number of hydrogen-bond donors (Lipinski definition) is 0. The van der Waals surface area contributed by atoms with Gasteiger partial charge in [-0.05, 0) is 39.0 Å². The predicted octanol–water partition coefficient (Wildman–Crippen LogP) is 2.75. The summed E-state index contributed by atoms with van der Waals surface area (Å²) in [4.78, 5) is 25.0. The summed E-state index contributed by atoms with van der Waals surface area (Å²) in [6.45, 7) is 6.41. The Hall–Kier alpha value is -2.30. The number of rotatable bonds is 6. The summed E-state index contributed by atoms with van der Waals surface area (Å²) in [7, 11) is 0. The van der Waals surface area contributed by atoms with E-state index in [-0.39, 0.29) is 41.9 Å². The molecule has 0 saturated heterocycles. The maximum atomic E-state index is 12.5. The first-order chi connectivity index (χ1) is 10.1. The molecule has 1 aliphatic carbocycles. The summed E-state index contributed by atoms with van der Waals surface area (Å²) < 4.78 is 16.0. The third-order valence-electron chi connectivity index (χ3n) is 2.99. The smallest absolute Gasteiger partial charge is 0.232 e. The van der Waals surface area contributed by atoms with Crippen molar-refractivity contribution < 1.29 is 23.8 Å². The average molecular weight is 290 g/mol. The number of Topliss-reactive ketones (excluding diaryl/α,β-unsaturated/α-hetero) is 2. The second-order valence-electron chi connectivity index (χ2n) is 4.32. The Morgan fingerprint density at radius 1 is 0.762 bits per heavy atom. The van der Waals surface area contributed by atoms with Crippen molar-refractivity contribution in [2.75, 3.05) is 19.8 Å². The van der Waals surface area contributed by atoms with Crippen LogP contribution in [0.2, 0.25) is 0 Å². The molecule has 1 aromatic rings.